The maximum Gasteiger partial charge on any atom is 0.222 e. The number of fused-ring (bicyclic) bond motifs is 1. The Morgan fingerprint density at radius 3 is 2.77 bits per heavy atom. The highest BCUT2D eigenvalue weighted by Crippen LogP contribution is 2.48. The molecule has 1 aliphatic heterocycles. The molecule has 0 spiro atoms. The summed E-state index contributed by atoms with van der Waals surface area (Å²) in [6.45, 7) is 6.31. The van der Waals surface area contributed by atoms with Crippen LogP contribution in [0.25, 0.3) is 0 Å². The van der Waals surface area contributed by atoms with Crippen LogP contribution < -0.4 is 0 Å². The first-order valence-corrected chi connectivity index (χ1v) is 13.0. The van der Waals surface area contributed by atoms with Crippen LogP contribution in [-0.4, -0.2) is 46.3 Å². The molecular formula is C27H45NO3. The summed E-state index contributed by atoms with van der Waals surface area (Å²) in [5.41, 5.74) is 1.47. The van der Waals surface area contributed by atoms with E-state index in [1.165, 1.54) is 31.3 Å². The Bertz CT molecular complexity index is 622. The number of carbonyl (C=O) groups excluding carboxylic acids is 1. The Morgan fingerprint density at radius 2 is 2.03 bits per heavy atom. The van der Waals surface area contributed by atoms with E-state index in [-0.39, 0.29) is 12.0 Å². The monoisotopic (exact) mass is 431 g/mol. The second kappa shape index (κ2) is 12.2. The highest BCUT2D eigenvalue weighted by Gasteiger charge is 2.43. The van der Waals surface area contributed by atoms with Crippen LogP contribution in [-0.2, 0) is 4.79 Å². The van der Waals surface area contributed by atoms with Gasteiger partial charge in [-0.3, -0.25) is 4.79 Å². The molecule has 3 rings (SSSR count). The van der Waals surface area contributed by atoms with Gasteiger partial charge in [0.2, 0.25) is 5.91 Å². The molecule has 6 atom stereocenters. The summed E-state index contributed by atoms with van der Waals surface area (Å²) >= 11 is 0. The molecule has 4 nitrogen and oxygen atoms in total. The van der Waals surface area contributed by atoms with E-state index >= 15 is 0 Å². The number of aliphatic hydroxyl groups is 2. The number of aliphatic hydroxyl groups excluding tert-OH is 2. The van der Waals surface area contributed by atoms with Gasteiger partial charge in [0.15, 0.2) is 0 Å². The van der Waals surface area contributed by atoms with Crippen LogP contribution in [0.4, 0.5) is 0 Å². The lowest BCUT2D eigenvalue weighted by Crippen LogP contribution is -2.35. The van der Waals surface area contributed by atoms with Gasteiger partial charge in [0, 0.05) is 25.4 Å². The van der Waals surface area contributed by atoms with Gasteiger partial charge in [0.1, 0.15) is 0 Å². The van der Waals surface area contributed by atoms with Crippen molar-refractivity contribution in [2.75, 3.05) is 13.1 Å². The van der Waals surface area contributed by atoms with Gasteiger partial charge >= 0.3 is 0 Å². The maximum atomic E-state index is 12.4. The lowest BCUT2D eigenvalue weighted by molar-refractivity contribution is -0.132. The SMILES string of the molecule is CCCC[C@H](C)C[C@H](O)/C=C/[C@@H]1[C@H]2CC(CCCC(=O)N3CCCCC3)=C[C@H]2C[C@H]1O. The summed E-state index contributed by atoms with van der Waals surface area (Å²) in [5.74, 6) is 1.93. The molecule has 1 saturated carbocycles. The maximum absolute atomic E-state index is 12.4. The van der Waals surface area contributed by atoms with Gasteiger partial charge in [-0.2, -0.15) is 0 Å². The normalized spacial score (nSPS) is 30.5. The predicted octanol–water partition coefficient (Wildman–Crippen LogP) is 5.25. The number of rotatable bonds is 11. The minimum atomic E-state index is -0.410. The summed E-state index contributed by atoms with van der Waals surface area (Å²) in [6.07, 6.45) is 18.2. The molecule has 1 amide bonds. The molecule has 0 unspecified atom stereocenters. The van der Waals surface area contributed by atoms with Gasteiger partial charge in [-0.1, -0.05) is 56.9 Å². The molecule has 0 aromatic carbocycles. The van der Waals surface area contributed by atoms with Gasteiger partial charge < -0.3 is 15.1 Å². The Balaban J connectivity index is 1.41. The molecule has 176 valence electrons. The minimum absolute atomic E-state index is 0.148. The second-order valence-corrected chi connectivity index (χ2v) is 10.5. The first-order chi connectivity index (χ1) is 15.0. The number of likely N-dealkylation sites (tertiary alicyclic amines) is 1. The molecule has 4 heteroatoms. The average Bonchev–Trinajstić information content (AvgIpc) is 3.27. The third-order valence-corrected chi connectivity index (χ3v) is 7.80. The van der Waals surface area contributed by atoms with E-state index in [1.54, 1.807) is 0 Å². The number of unbranched alkanes of at least 4 members (excludes halogenated alkanes) is 1. The summed E-state index contributed by atoms with van der Waals surface area (Å²) in [4.78, 5) is 14.4. The Labute approximate surface area is 189 Å². The lowest BCUT2D eigenvalue weighted by atomic mass is 9.88. The first kappa shape index (κ1) is 24.5. The number of carbonyl (C=O) groups is 1. The molecule has 2 aliphatic carbocycles. The number of amides is 1. The lowest BCUT2D eigenvalue weighted by Gasteiger charge is -2.26. The fourth-order valence-corrected chi connectivity index (χ4v) is 5.98. The van der Waals surface area contributed by atoms with Crippen LogP contribution in [0, 0.1) is 23.7 Å². The molecule has 3 aliphatic rings. The summed E-state index contributed by atoms with van der Waals surface area (Å²) < 4.78 is 0. The van der Waals surface area contributed by atoms with Gasteiger partial charge in [-0.25, -0.2) is 0 Å². The molecule has 0 radical (unpaired) electrons. The number of allylic oxidation sites excluding steroid dienone is 2. The average molecular weight is 432 g/mol. The Morgan fingerprint density at radius 1 is 1.26 bits per heavy atom. The zero-order valence-corrected chi connectivity index (χ0v) is 19.8. The van der Waals surface area contributed by atoms with Gasteiger partial charge in [-0.05, 0) is 69.1 Å². The fourth-order valence-electron chi connectivity index (χ4n) is 5.98. The molecule has 0 bridgehead atoms. The van der Waals surface area contributed by atoms with E-state index in [2.05, 4.69) is 26.0 Å². The van der Waals surface area contributed by atoms with Crippen LogP contribution in [0.15, 0.2) is 23.8 Å². The van der Waals surface area contributed by atoms with E-state index in [0.29, 0.717) is 30.1 Å². The van der Waals surface area contributed by atoms with Crippen molar-refractivity contribution in [1.29, 1.82) is 0 Å². The van der Waals surface area contributed by atoms with Crippen molar-refractivity contribution < 1.29 is 15.0 Å². The molecule has 2 fully saturated rings. The van der Waals surface area contributed by atoms with Crippen LogP contribution in [0.2, 0.25) is 0 Å². The van der Waals surface area contributed by atoms with Crippen molar-refractivity contribution in [3.05, 3.63) is 23.8 Å². The van der Waals surface area contributed by atoms with Crippen molar-refractivity contribution in [2.24, 2.45) is 23.7 Å². The van der Waals surface area contributed by atoms with Gasteiger partial charge in [0.05, 0.1) is 12.2 Å². The van der Waals surface area contributed by atoms with Crippen LogP contribution >= 0.6 is 0 Å². The molecule has 1 saturated heterocycles. The molecule has 0 aromatic rings. The summed E-state index contributed by atoms with van der Waals surface area (Å²) in [5, 5.41) is 21.0. The van der Waals surface area contributed by atoms with Crippen molar-refractivity contribution in [2.45, 2.75) is 103 Å². The zero-order chi connectivity index (χ0) is 22.2. The largest absolute Gasteiger partial charge is 0.392 e. The zero-order valence-electron chi connectivity index (χ0n) is 19.8. The molecule has 2 N–H and O–H groups in total. The van der Waals surface area contributed by atoms with Gasteiger partial charge in [-0.15, -0.1) is 0 Å². The van der Waals surface area contributed by atoms with E-state index in [0.717, 1.165) is 58.0 Å². The van der Waals surface area contributed by atoms with E-state index in [1.807, 2.05) is 11.0 Å². The third kappa shape index (κ3) is 7.18. The van der Waals surface area contributed by atoms with Crippen molar-refractivity contribution >= 4 is 5.91 Å². The summed E-state index contributed by atoms with van der Waals surface area (Å²) in [6, 6.07) is 0. The van der Waals surface area contributed by atoms with Crippen LogP contribution in [0.3, 0.4) is 0 Å². The first-order valence-electron chi connectivity index (χ1n) is 13.0. The standard InChI is InChI=1S/C27H45NO3/c1-3-4-9-20(2)16-23(29)12-13-24-25-18-21(17-22(25)19-26(24)30)10-8-11-27(31)28-14-6-5-7-15-28/h12-13,17,20,22-26,29-30H,3-11,14-16,18-19H2,1-2H3/b13-12+/t20-,22-,23+,24+,25-,26+/m0/s1. The molecule has 1 heterocycles. The number of piperidine rings is 1. The highest BCUT2D eigenvalue weighted by molar-refractivity contribution is 5.76. The Hall–Kier alpha value is -1.13. The smallest absolute Gasteiger partial charge is 0.222 e. The topological polar surface area (TPSA) is 60.8 Å². The van der Waals surface area contributed by atoms with Crippen molar-refractivity contribution in [3.8, 4) is 0 Å². The quantitative estimate of drug-likeness (QED) is 0.440. The second-order valence-electron chi connectivity index (χ2n) is 10.5. The molecule has 31 heavy (non-hydrogen) atoms. The number of nitrogens with zero attached hydrogens (tertiary/aromatic N) is 1. The fraction of sp³-hybridized carbons (Fsp3) is 0.815. The van der Waals surface area contributed by atoms with E-state index < -0.39 is 6.10 Å². The van der Waals surface area contributed by atoms with Crippen LogP contribution in [0.1, 0.15) is 90.9 Å². The van der Waals surface area contributed by atoms with Gasteiger partial charge in [0.25, 0.3) is 0 Å². The highest BCUT2D eigenvalue weighted by atomic mass is 16.3. The summed E-state index contributed by atoms with van der Waals surface area (Å²) in [7, 11) is 0. The van der Waals surface area contributed by atoms with Crippen molar-refractivity contribution in [3.63, 3.8) is 0 Å². The van der Waals surface area contributed by atoms with Crippen molar-refractivity contribution in [1.82, 2.24) is 4.90 Å². The number of hydrogen-bond donors (Lipinski definition) is 2. The number of hydrogen-bond acceptors (Lipinski definition) is 3. The van der Waals surface area contributed by atoms with E-state index in [4.69, 9.17) is 0 Å². The predicted molar refractivity (Wildman–Crippen MR) is 127 cm³/mol. The molecule has 0 aromatic heterocycles. The minimum Gasteiger partial charge on any atom is -0.392 e. The molecular weight excluding hydrogens is 386 g/mol. The Kier molecular flexibility index (Phi) is 9.65. The van der Waals surface area contributed by atoms with E-state index in [9.17, 15) is 15.0 Å². The van der Waals surface area contributed by atoms with Crippen LogP contribution in [0.5, 0.6) is 0 Å². The third-order valence-electron chi connectivity index (χ3n) is 7.80.